The summed E-state index contributed by atoms with van der Waals surface area (Å²) in [5, 5.41) is 25.9. The van der Waals surface area contributed by atoms with Crippen molar-refractivity contribution in [2.24, 2.45) is 0 Å². The lowest BCUT2D eigenvalue weighted by Gasteiger charge is -2.43. The molecule has 4 aliphatic heterocycles. The van der Waals surface area contributed by atoms with Crippen LogP contribution in [0, 0.1) is 11.8 Å². The molecule has 2 amide bonds. The highest BCUT2D eigenvalue weighted by Gasteiger charge is 2.47. The van der Waals surface area contributed by atoms with Crippen LogP contribution in [0.2, 0.25) is 0 Å². The summed E-state index contributed by atoms with van der Waals surface area (Å²) in [6, 6.07) is 16.2. The Bertz CT molecular complexity index is 3680. The number of anilines is 2. The molecule has 0 bridgehead atoms. The number of benzene rings is 3. The zero-order chi connectivity index (χ0) is 58.6. The van der Waals surface area contributed by atoms with Crippen LogP contribution in [-0.2, 0) is 36.4 Å². The largest absolute Gasteiger partial charge is 0.490 e. The van der Waals surface area contributed by atoms with Crippen LogP contribution in [0.4, 0.5) is 11.5 Å². The Morgan fingerprint density at radius 1 is 0.912 bits per heavy atom. The minimum Gasteiger partial charge on any atom is -0.456 e. The third kappa shape index (κ3) is 12.5. The Hall–Kier alpha value is -6.12. The zero-order valence-electron chi connectivity index (χ0n) is 45.4. The molecule has 6 atom stereocenters. The first-order chi connectivity index (χ1) is 37.4. The van der Waals surface area contributed by atoms with E-state index in [-0.39, 0.29) is 53.8 Å². The van der Waals surface area contributed by atoms with E-state index in [1.54, 1.807) is 11.9 Å². The van der Waals surface area contributed by atoms with Gasteiger partial charge >= 0.3 is 29.2 Å². The van der Waals surface area contributed by atoms with Crippen LogP contribution in [-0.4, -0.2) is 125 Å². The molecule has 9 N–H and O–H groups in total. The van der Waals surface area contributed by atoms with Crippen molar-refractivity contribution < 1.29 is 75.7 Å². The van der Waals surface area contributed by atoms with Gasteiger partial charge in [0.15, 0.2) is 11.8 Å². The fourth-order valence-corrected chi connectivity index (χ4v) is 13.9. The maximum Gasteiger partial charge on any atom is 0.490 e. The molecule has 1 saturated heterocycles. The van der Waals surface area contributed by atoms with Gasteiger partial charge in [-0.15, -0.1) is 0 Å². The summed E-state index contributed by atoms with van der Waals surface area (Å²) in [6.07, 6.45) is -1.29. The van der Waals surface area contributed by atoms with Crippen LogP contribution in [0.1, 0.15) is 113 Å². The molecule has 2 unspecified atom stereocenters. The van der Waals surface area contributed by atoms with Crippen LogP contribution in [0.25, 0.3) is 16.7 Å². The molecule has 8 rings (SSSR count). The average Bonchev–Trinajstić information content (AvgIpc) is 3.69. The molecule has 0 radical (unpaired) electrons. The van der Waals surface area contributed by atoms with Crippen molar-refractivity contribution >= 4 is 63.5 Å². The number of carbonyl (C=O) groups excluding carboxylic acids is 2. The lowest BCUT2D eigenvalue weighted by molar-refractivity contribution is -0.121. The van der Waals surface area contributed by atoms with Gasteiger partial charge in [0.2, 0.25) is 11.3 Å². The van der Waals surface area contributed by atoms with Gasteiger partial charge in [0.1, 0.15) is 42.2 Å². The maximum absolute atomic E-state index is 14.7. The predicted molar refractivity (Wildman–Crippen MR) is 295 cm³/mol. The zero-order valence-corrected chi connectivity index (χ0v) is 48.1. The summed E-state index contributed by atoms with van der Waals surface area (Å²) in [7, 11) is -15.5. The molecule has 4 aliphatic rings. The standard InChI is InChI=1S/C53H64N7O17P3/c1-10-59-39-24-41-37(22-35(39)30(3)26-52(59,5)6)45(38-23-36-31(4)27-53(7,8)60(11-2)40(36)25-42(38)74-41)33-17-12-13-18-34(33)49(64)57(9)21-15-19-44(61)55-20-14-16-32-28-58(51(65)56-48(32)54)50-47(63)46(62)43(75-50)29-73-79(69,70)77-80(71,72)76-78(66,67)68/h12-13,17-18,22-28,43,46-47,50,62-63H,10-11,15,19-21,29H2,1-9H3,(H6-,54,55,56,61,65,66,67,68,69,70,71,72)/p+1/t43-,46-,47-,50-/m1/s1. The fraction of sp³-hybridized carbons (Fsp3) is 0.415. The van der Waals surface area contributed by atoms with Crippen LogP contribution >= 0.6 is 23.5 Å². The van der Waals surface area contributed by atoms with Gasteiger partial charge in [-0.25, -0.2) is 23.1 Å². The number of nitrogens with one attached hydrogen (secondary N) is 1. The Kier molecular flexibility index (Phi) is 17.0. The van der Waals surface area contributed by atoms with Crippen LogP contribution in [0.3, 0.4) is 0 Å². The maximum atomic E-state index is 14.7. The number of allylic oxidation sites excluding steroid dienone is 2. The van der Waals surface area contributed by atoms with Gasteiger partial charge in [0.05, 0.1) is 30.3 Å². The van der Waals surface area contributed by atoms with Crippen molar-refractivity contribution in [3.05, 3.63) is 121 Å². The highest BCUT2D eigenvalue weighted by Crippen LogP contribution is 2.66. The van der Waals surface area contributed by atoms with Gasteiger partial charge in [-0.05, 0) is 88.9 Å². The average molecular weight is 1170 g/mol. The third-order valence-electron chi connectivity index (χ3n) is 14.2. The Morgan fingerprint density at radius 3 is 2.30 bits per heavy atom. The molecular weight excluding hydrogens is 1100 g/mol. The number of aliphatic hydroxyl groups is 2. The van der Waals surface area contributed by atoms with E-state index < -0.39 is 60.3 Å². The van der Waals surface area contributed by atoms with Crippen LogP contribution < -0.4 is 41.5 Å². The summed E-state index contributed by atoms with van der Waals surface area (Å²) in [6.45, 7) is 17.8. The number of hydrogen-bond donors (Lipinski definition) is 8. The number of amides is 2. The Labute approximate surface area is 460 Å². The molecule has 24 nitrogen and oxygen atoms in total. The second kappa shape index (κ2) is 22.7. The molecule has 0 saturated carbocycles. The minimum absolute atomic E-state index is 0.0283. The van der Waals surface area contributed by atoms with Crippen molar-refractivity contribution in [3.8, 4) is 23.3 Å². The van der Waals surface area contributed by atoms with Gasteiger partial charge in [0.25, 0.3) is 5.91 Å². The van der Waals surface area contributed by atoms with Crippen molar-refractivity contribution in [1.82, 2.24) is 24.3 Å². The summed E-state index contributed by atoms with van der Waals surface area (Å²) >= 11 is 0. The number of aromatic nitrogens is 2. The molecule has 3 aromatic carbocycles. The Balaban J connectivity index is 0.961. The van der Waals surface area contributed by atoms with Crippen molar-refractivity contribution in [2.75, 3.05) is 50.5 Å². The number of phosphoric acid groups is 3. The summed E-state index contributed by atoms with van der Waals surface area (Å²) < 4.78 is 62.1. The van der Waals surface area contributed by atoms with Gasteiger partial charge in [-0.3, -0.25) is 18.7 Å². The molecule has 428 valence electrons. The second-order valence-corrected chi connectivity index (χ2v) is 25.2. The number of fused-ring (bicyclic) bond motifs is 4. The summed E-state index contributed by atoms with van der Waals surface area (Å²) in [4.78, 5) is 84.9. The van der Waals surface area contributed by atoms with E-state index >= 15 is 0 Å². The van der Waals surface area contributed by atoms with Crippen LogP contribution in [0.15, 0.2) is 71.7 Å². The normalized spacial score (nSPS) is 21.2. The molecule has 80 heavy (non-hydrogen) atoms. The molecule has 4 aromatic rings. The number of hydrogen-bond acceptors (Lipinski definition) is 16. The molecule has 5 heterocycles. The van der Waals surface area contributed by atoms with E-state index in [2.05, 4.69) is 137 Å². The quantitative estimate of drug-likeness (QED) is 0.0372. The van der Waals surface area contributed by atoms with E-state index in [1.165, 1.54) is 0 Å². The lowest BCUT2D eigenvalue weighted by Crippen LogP contribution is -2.49. The smallest absolute Gasteiger partial charge is 0.456 e. The fourth-order valence-electron chi connectivity index (χ4n) is 10.8. The van der Waals surface area contributed by atoms with Crippen molar-refractivity contribution in [2.45, 2.75) is 104 Å². The number of ether oxygens (including phenoxy) is 2. The number of carbonyl (C=O) groups is 2. The number of nitrogens with two attached hydrogens (primary N) is 1. The van der Waals surface area contributed by atoms with Crippen molar-refractivity contribution in [3.63, 3.8) is 0 Å². The number of likely N-dealkylation sites (N-methyl/N-ethyl adjacent to an activating group) is 2. The van der Waals surface area contributed by atoms with E-state index in [9.17, 15) is 48.1 Å². The van der Waals surface area contributed by atoms with Gasteiger partial charge in [0, 0.05) is 91.4 Å². The topological polar surface area (TPSA) is 335 Å². The van der Waals surface area contributed by atoms with E-state index in [0.29, 0.717) is 28.1 Å². The SMILES string of the molecule is CCN1c2cc3c(cc2C(C)=CC1(C)C)C(c1ccccc1C(=O)N(C)CCCC(=O)NCC#Cc1cn([C@@H]2O[C@H](COP(=O)(O)OP(=O)(O)OP(=O)(O)O)[C@@H](O)[C@H]2O)c(=O)nc1N)=c1cc2c(cc1O3)=[N+](CC)C(C)(C)C=C2C. The second-order valence-electron chi connectivity index (χ2n) is 20.8. The predicted octanol–water partition coefficient (Wildman–Crippen LogP) is 3.89. The summed E-state index contributed by atoms with van der Waals surface area (Å²) in [5.41, 5.74) is 12.8. The molecule has 0 spiro atoms. The number of rotatable bonds is 17. The Morgan fingerprint density at radius 2 is 1.61 bits per heavy atom. The first kappa shape index (κ1) is 60.0. The molecule has 0 aliphatic carbocycles. The number of phosphoric ester groups is 1. The molecule has 1 aromatic heterocycles. The number of nitrogens with zero attached hydrogens (tertiary/aromatic N) is 5. The van der Waals surface area contributed by atoms with Crippen molar-refractivity contribution in [1.29, 1.82) is 0 Å². The molecular formula is C53H65N7O17P3+. The highest BCUT2D eigenvalue weighted by atomic mass is 31.3. The highest BCUT2D eigenvalue weighted by molar-refractivity contribution is 7.66. The van der Waals surface area contributed by atoms with E-state index in [0.717, 1.165) is 74.5 Å². The van der Waals surface area contributed by atoms with E-state index in [1.807, 2.05) is 24.3 Å². The summed E-state index contributed by atoms with van der Waals surface area (Å²) in [5.74, 6) is 5.79. The number of aliphatic hydroxyl groups excluding tert-OH is 2. The van der Waals surface area contributed by atoms with Gasteiger partial charge < -0.3 is 60.1 Å². The first-order valence-corrected chi connectivity index (χ1v) is 30.0. The molecule has 27 heteroatoms. The lowest BCUT2D eigenvalue weighted by atomic mass is 9.83. The number of nitrogen functional groups attached to an aromatic ring is 1. The minimum atomic E-state index is -5.85. The first-order valence-electron chi connectivity index (χ1n) is 25.5. The monoisotopic (exact) mass is 1160 g/mol. The third-order valence-corrected chi connectivity index (χ3v) is 18.0. The van der Waals surface area contributed by atoms with Gasteiger partial charge in [-0.2, -0.15) is 13.6 Å². The molecule has 1 fully saturated rings. The van der Waals surface area contributed by atoms with Gasteiger partial charge in [-0.1, -0.05) is 36.1 Å². The van der Waals surface area contributed by atoms with E-state index in [4.69, 9.17) is 25.0 Å². The van der Waals surface area contributed by atoms with Crippen LogP contribution in [0.5, 0.6) is 11.5 Å².